The van der Waals surface area contributed by atoms with Crippen molar-refractivity contribution in [3.05, 3.63) is 77.4 Å². The maximum absolute atomic E-state index is 5.81. The first kappa shape index (κ1) is 16.9. The molecule has 0 amide bonds. The largest absolute Gasteiger partial charge is 0.384 e. The number of hydrogen-bond donors (Lipinski definition) is 2. The lowest BCUT2D eigenvalue weighted by Crippen LogP contribution is -2.24. The molecule has 3 aromatic rings. The molecule has 0 atom stereocenters. The van der Waals surface area contributed by atoms with Crippen LogP contribution in [0.1, 0.15) is 22.8 Å². The van der Waals surface area contributed by atoms with Gasteiger partial charge in [-0.2, -0.15) is 0 Å². The molecule has 0 radical (unpaired) electrons. The summed E-state index contributed by atoms with van der Waals surface area (Å²) >= 11 is 0. The molecule has 0 aromatic carbocycles. The van der Waals surface area contributed by atoms with E-state index in [-0.39, 0.29) is 0 Å². The van der Waals surface area contributed by atoms with E-state index in [1.165, 1.54) is 0 Å². The first-order valence-corrected chi connectivity index (χ1v) is 8.16. The monoisotopic (exact) mass is 334 g/mol. The van der Waals surface area contributed by atoms with Gasteiger partial charge in [0, 0.05) is 25.3 Å². The standard InChI is InChI=1S/C19H22N6/c1-14-5-2-6-15(22-14)11-25(12-16-7-3-9-18(20)23-16)13-17-8-4-10-19(21)24-17/h2-10H,11-13H2,1H3,(H2,20,23)(H2,21,24). The number of hydrogen-bond acceptors (Lipinski definition) is 6. The molecule has 6 nitrogen and oxygen atoms in total. The Hall–Kier alpha value is -2.99. The van der Waals surface area contributed by atoms with Crippen molar-refractivity contribution in [2.24, 2.45) is 0 Å². The Kier molecular flexibility index (Phi) is 5.20. The molecule has 0 aliphatic heterocycles. The van der Waals surface area contributed by atoms with E-state index in [9.17, 15) is 0 Å². The number of aromatic nitrogens is 3. The minimum atomic E-state index is 0.521. The molecule has 0 spiro atoms. The molecule has 25 heavy (non-hydrogen) atoms. The van der Waals surface area contributed by atoms with Crippen LogP contribution in [-0.4, -0.2) is 19.9 Å². The second-order valence-corrected chi connectivity index (χ2v) is 6.02. The maximum Gasteiger partial charge on any atom is 0.123 e. The van der Waals surface area contributed by atoms with Crippen LogP contribution in [-0.2, 0) is 19.6 Å². The Labute approximate surface area is 147 Å². The molecule has 0 bridgehead atoms. The molecule has 0 saturated heterocycles. The van der Waals surface area contributed by atoms with E-state index < -0.39 is 0 Å². The average molecular weight is 334 g/mol. The Bertz CT molecular complexity index is 736. The lowest BCUT2D eigenvalue weighted by Gasteiger charge is -2.21. The number of aryl methyl sites for hydroxylation is 1. The van der Waals surface area contributed by atoms with Crippen molar-refractivity contribution < 1.29 is 0 Å². The fourth-order valence-corrected chi connectivity index (χ4v) is 2.71. The van der Waals surface area contributed by atoms with E-state index in [4.69, 9.17) is 11.5 Å². The molecule has 0 saturated carbocycles. The van der Waals surface area contributed by atoms with Crippen LogP contribution in [0.4, 0.5) is 11.6 Å². The van der Waals surface area contributed by atoms with Gasteiger partial charge in [-0.15, -0.1) is 0 Å². The van der Waals surface area contributed by atoms with E-state index in [1.807, 2.05) is 49.4 Å². The first-order chi connectivity index (χ1) is 12.1. The van der Waals surface area contributed by atoms with Crippen molar-refractivity contribution in [1.29, 1.82) is 0 Å². The summed E-state index contributed by atoms with van der Waals surface area (Å²) in [6, 6.07) is 17.4. The fourth-order valence-electron chi connectivity index (χ4n) is 2.71. The number of nitrogen functional groups attached to an aromatic ring is 2. The van der Waals surface area contributed by atoms with Crippen molar-refractivity contribution in [3.8, 4) is 0 Å². The first-order valence-electron chi connectivity index (χ1n) is 8.16. The third-order valence-electron chi connectivity index (χ3n) is 3.76. The predicted molar refractivity (Wildman–Crippen MR) is 99.2 cm³/mol. The highest BCUT2D eigenvalue weighted by molar-refractivity contribution is 5.30. The van der Waals surface area contributed by atoms with Gasteiger partial charge in [0.15, 0.2) is 0 Å². The number of nitrogens with two attached hydrogens (primary N) is 2. The van der Waals surface area contributed by atoms with Gasteiger partial charge in [0.05, 0.1) is 17.1 Å². The Morgan fingerprint density at radius 2 is 1.12 bits per heavy atom. The summed E-state index contributed by atoms with van der Waals surface area (Å²) in [7, 11) is 0. The zero-order valence-electron chi connectivity index (χ0n) is 14.3. The number of rotatable bonds is 6. The Balaban J connectivity index is 1.82. The molecule has 0 fully saturated rings. The summed E-state index contributed by atoms with van der Waals surface area (Å²) in [6.07, 6.45) is 0. The van der Waals surface area contributed by atoms with Gasteiger partial charge in [-0.1, -0.05) is 18.2 Å². The van der Waals surface area contributed by atoms with Crippen molar-refractivity contribution in [3.63, 3.8) is 0 Å². The van der Waals surface area contributed by atoms with Gasteiger partial charge in [-0.3, -0.25) is 9.88 Å². The molecule has 0 unspecified atom stereocenters. The predicted octanol–water partition coefficient (Wildman–Crippen LogP) is 2.55. The molecule has 3 aromatic heterocycles. The third kappa shape index (κ3) is 4.99. The normalized spacial score (nSPS) is 11.0. The van der Waals surface area contributed by atoms with Crippen LogP contribution in [0, 0.1) is 6.92 Å². The molecule has 6 heteroatoms. The number of pyridine rings is 3. The number of nitrogens with zero attached hydrogens (tertiary/aromatic N) is 4. The molecule has 0 aliphatic rings. The van der Waals surface area contributed by atoms with Crippen molar-refractivity contribution >= 4 is 11.6 Å². The van der Waals surface area contributed by atoms with Crippen LogP contribution in [0.5, 0.6) is 0 Å². The van der Waals surface area contributed by atoms with Crippen LogP contribution in [0.3, 0.4) is 0 Å². The van der Waals surface area contributed by atoms with Crippen molar-refractivity contribution in [1.82, 2.24) is 19.9 Å². The molecule has 0 aliphatic carbocycles. The SMILES string of the molecule is Cc1cccc(CN(Cc2cccc(N)n2)Cc2cccc(N)n2)n1. The third-order valence-corrected chi connectivity index (χ3v) is 3.76. The fraction of sp³-hybridized carbons (Fsp3) is 0.211. The molecule has 3 rings (SSSR count). The topological polar surface area (TPSA) is 94.0 Å². The van der Waals surface area contributed by atoms with Gasteiger partial charge in [-0.05, 0) is 43.3 Å². The van der Waals surface area contributed by atoms with Gasteiger partial charge in [-0.25, -0.2) is 9.97 Å². The maximum atomic E-state index is 5.81. The van der Waals surface area contributed by atoms with Gasteiger partial charge in [0.2, 0.25) is 0 Å². The molecule has 4 N–H and O–H groups in total. The minimum Gasteiger partial charge on any atom is -0.384 e. The highest BCUT2D eigenvalue weighted by atomic mass is 15.1. The lowest BCUT2D eigenvalue weighted by molar-refractivity contribution is 0.239. The zero-order valence-corrected chi connectivity index (χ0v) is 14.3. The van der Waals surface area contributed by atoms with E-state index in [1.54, 1.807) is 12.1 Å². The van der Waals surface area contributed by atoms with Crippen LogP contribution in [0.2, 0.25) is 0 Å². The quantitative estimate of drug-likeness (QED) is 0.719. The van der Waals surface area contributed by atoms with Crippen molar-refractivity contribution in [2.75, 3.05) is 11.5 Å². The molecular weight excluding hydrogens is 312 g/mol. The van der Waals surface area contributed by atoms with Gasteiger partial charge in [0.25, 0.3) is 0 Å². The second kappa shape index (κ2) is 7.72. The van der Waals surface area contributed by atoms with Gasteiger partial charge < -0.3 is 11.5 Å². The van der Waals surface area contributed by atoms with E-state index in [0.29, 0.717) is 31.3 Å². The van der Waals surface area contributed by atoms with E-state index in [0.717, 1.165) is 22.8 Å². The highest BCUT2D eigenvalue weighted by Crippen LogP contribution is 2.13. The summed E-state index contributed by atoms with van der Waals surface area (Å²) in [5.74, 6) is 1.04. The van der Waals surface area contributed by atoms with Crippen LogP contribution in [0.15, 0.2) is 54.6 Å². The van der Waals surface area contributed by atoms with Gasteiger partial charge >= 0.3 is 0 Å². The summed E-state index contributed by atoms with van der Waals surface area (Å²) in [4.78, 5) is 15.6. The average Bonchev–Trinajstić information content (AvgIpc) is 2.55. The van der Waals surface area contributed by atoms with E-state index in [2.05, 4.69) is 19.9 Å². The highest BCUT2D eigenvalue weighted by Gasteiger charge is 2.11. The zero-order chi connectivity index (χ0) is 17.6. The van der Waals surface area contributed by atoms with Crippen molar-refractivity contribution in [2.45, 2.75) is 26.6 Å². The lowest BCUT2D eigenvalue weighted by atomic mass is 10.2. The van der Waals surface area contributed by atoms with Gasteiger partial charge in [0.1, 0.15) is 11.6 Å². The Morgan fingerprint density at radius 3 is 1.56 bits per heavy atom. The second-order valence-electron chi connectivity index (χ2n) is 6.02. The summed E-state index contributed by atoms with van der Waals surface area (Å²) < 4.78 is 0. The minimum absolute atomic E-state index is 0.521. The summed E-state index contributed by atoms with van der Waals surface area (Å²) in [5, 5.41) is 0. The van der Waals surface area contributed by atoms with Crippen LogP contribution >= 0.6 is 0 Å². The van der Waals surface area contributed by atoms with E-state index >= 15 is 0 Å². The van der Waals surface area contributed by atoms with Crippen LogP contribution in [0.25, 0.3) is 0 Å². The Morgan fingerprint density at radius 1 is 0.680 bits per heavy atom. The molecular formula is C19H22N6. The smallest absolute Gasteiger partial charge is 0.123 e. The summed E-state index contributed by atoms with van der Waals surface area (Å²) in [6.45, 7) is 3.98. The molecule has 3 heterocycles. The van der Waals surface area contributed by atoms with Crippen LogP contribution < -0.4 is 11.5 Å². The summed E-state index contributed by atoms with van der Waals surface area (Å²) in [5.41, 5.74) is 15.5. The molecule has 128 valence electrons. The number of anilines is 2.